The third-order valence-electron chi connectivity index (χ3n) is 2.73. The second-order valence-electron chi connectivity index (χ2n) is 4.07. The lowest BCUT2D eigenvalue weighted by Crippen LogP contribution is -2.30. The molecular formula is C12H14ClN3O. The Morgan fingerprint density at radius 2 is 2.35 bits per heavy atom. The highest BCUT2D eigenvalue weighted by Gasteiger charge is 2.30. The summed E-state index contributed by atoms with van der Waals surface area (Å²) in [6.07, 6.45) is 2.33. The molecule has 0 saturated heterocycles. The highest BCUT2D eigenvalue weighted by Crippen LogP contribution is 2.31. The number of pyridine rings is 1. The predicted molar refractivity (Wildman–Crippen MR) is 66.2 cm³/mol. The quantitative estimate of drug-likeness (QED) is 0.753. The van der Waals surface area contributed by atoms with Gasteiger partial charge in [-0.25, -0.2) is 4.98 Å². The molecule has 0 aliphatic heterocycles. The smallest absolute Gasteiger partial charge is 0.132 e. The molecule has 0 amide bonds. The van der Waals surface area contributed by atoms with Crippen LogP contribution >= 0.6 is 11.6 Å². The Morgan fingerprint density at radius 3 is 2.94 bits per heavy atom. The molecule has 5 heteroatoms. The molecule has 0 atom stereocenters. The van der Waals surface area contributed by atoms with Crippen LogP contribution in [0.2, 0.25) is 5.15 Å². The van der Waals surface area contributed by atoms with E-state index in [0.29, 0.717) is 23.4 Å². The van der Waals surface area contributed by atoms with Crippen LogP contribution in [0.4, 0.5) is 5.82 Å². The maximum absolute atomic E-state index is 8.92. The lowest BCUT2D eigenvalue weighted by atomic mass is 10.2. The van der Waals surface area contributed by atoms with Crippen molar-refractivity contribution in [3.8, 4) is 6.07 Å². The summed E-state index contributed by atoms with van der Waals surface area (Å²) in [6.45, 7) is 1.42. The second-order valence-corrected chi connectivity index (χ2v) is 4.45. The molecule has 90 valence electrons. The van der Waals surface area contributed by atoms with Gasteiger partial charge in [-0.1, -0.05) is 11.6 Å². The zero-order valence-corrected chi connectivity index (χ0v) is 10.4. The lowest BCUT2D eigenvalue weighted by Gasteiger charge is -2.23. The molecule has 0 unspecified atom stereocenters. The third-order valence-corrected chi connectivity index (χ3v) is 2.92. The molecule has 0 N–H and O–H groups in total. The Labute approximate surface area is 106 Å². The normalized spacial score (nSPS) is 14.4. The van der Waals surface area contributed by atoms with Crippen LogP contribution < -0.4 is 4.90 Å². The van der Waals surface area contributed by atoms with Gasteiger partial charge in [0.15, 0.2) is 0 Å². The van der Waals surface area contributed by atoms with E-state index in [1.54, 1.807) is 19.2 Å². The van der Waals surface area contributed by atoms with E-state index in [4.69, 9.17) is 21.6 Å². The summed E-state index contributed by atoms with van der Waals surface area (Å²) < 4.78 is 5.09. The summed E-state index contributed by atoms with van der Waals surface area (Å²) in [6, 6.07) is 5.97. The van der Waals surface area contributed by atoms with Crippen molar-refractivity contribution in [3.63, 3.8) is 0 Å². The number of nitriles is 1. The standard InChI is InChI=1S/C12H14ClN3O/c1-17-5-4-16(10-2-3-10)12-7-9(8-14)6-11(13)15-12/h6-7,10H,2-5H2,1H3. The molecule has 4 nitrogen and oxygen atoms in total. The number of rotatable bonds is 5. The molecule has 1 aliphatic rings. The molecular weight excluding hydrogens is 238 g/mol. The molecule has 1 aromatic heterocycles. The van der Waals surface area contributed by atoms with E-state index in [-0.39, 0.29) is 0 Å². The topological polar surface area (TPSA) is 49.1 Å². The van der Waals surface area contributed by atoms with Gasteiger partial charge in [-0.05, 0) is 25.0 Å². The van der Waals surface area contributed by atoms with Crippen LogP contribution in [0.15, 0.2) is 12.1 Å². The van der Waals surface area contributed by atoms with E-state index < -0.39 is 0 Å². The number of anilines is 1. The maximum atomic E-state index is 8.92. The number of hydrogen-bond acceptors (Lipinski definition) is 4. The first-order chi connectivity index (χ1) is 8.24. The summed E-state index contributed by atoms with van der Waals surface area (Å²) in [7, 11) is 1.68. The summed E-state index contributed by atoms with van der Waals surface area (Å²) in [5.41, 5.74) is 0.545. The molecule has 0 radical (unpaired) electrons. The van der Waals surface area contributed by atoms with Crippen molar-refractivity contribution in [2.75, 3.05) is 25.2 Å². The fraction of sp³-hybridized carbons (Fsp3) is 0.500. The minimum atomic E-state index is 0.363. The van der Waals surface area contributed by atoms with Crippen molar-refractivity contribution < 1.29 is 4.74 Å². The minimum absolute atomic E-state index is 0.363. The molecule has 2 rings (SSSR count). The van der Waals surface area contributed by atoms with Gasteiger partial charge in [0.2, 0.25) is 0 Å². The van der Waals surface area contributed by atoms with E-state index in [0.717, 1.165) is 12.4 Å². The van der Waals surface area contributed by atoms with E-state index in [9.17, 15) is 0 Å². The maximum Gasteiger partial charge on any atom is 0.132 e. The third kappa shape index (κ3) is 3.09. The van der Waals surface area contributed by atoms with Crippen molar-refractivity contribution in [2.24, 2.45) is 0 Å². The molecule has 17 heavy (non-hydrogen) atoms. The van der Waals surface area contributed by atoms with E-state index in [2.05, 4.69) is 16.0 Å². The van der Waals surface area contributed by atoms with Crippen LogP contribution in [0.1, 0.15) is 18.4 Å². The SMILES string of the molecule is COCCN(c1cc(C#N)cc(Cl)n1)C1CC1. The Bertz CT molecular complexity index is 440. The van der Waals surface area contributed by atoms with Gasteiger partial charge in [-0.15, -0.1) is 0 Å². The van der Waals surface area contributed by atoms with Crippen LogP contribution in [0.25, 0.3) is 0 Å². The van der Waals surface area contributed by atoms with Gasteiger partial charge in [-0.2, -0.15) is 5.26 Å². The van der Waals surface area contributed by atoms with E-state index >= 15 is 0 Å². The molecule has 1 saturated carbocycles. The average Bonchev–Trinajstić information content (AvgIpc) is 3.13. The second kappa shape index (κ2) is 5.35. The Hall–Kier alpha value is -1.31. The van der Waals surface area contributed by atoms with Gasteiger partial charge in [0, 0.05) is 19.7 Å². The molecule has 1 aromatic rings. The van der Waals surface area contributed by atoms with Crippen molar-refractivity contribution in [2.45, 2.75) is 18.9 Å². The first-order valence-electron chi connectivity index (χ1n) is 5.58. The summed E-state index contributed by atoms with van der Waals surface area (Å²) >= 11 is 5.91. The highest BCUT2D eigenvalue weighted by atomic mass is 35.5. The first-order valence-corrected chi connectivity index (χ1v) is 5.95. The zero-order valence-electron chi connectivity index (χ0n) is 9.69. The Morgan fingerprint density at radius 1 is 1.59 bits per heavy atom. The largest absolute Gasteiger partial charge is 0.383 e. The van der Waals surface area contributed by atoms with Gasteiger partial charge < -0.3 is 9.64 Å². The number of ether oxygens (including phenoxy) is 1. The number of aromatic nitrogens is 1. The van der Waals surface area contributed by atoms with Crippen molar-refractivity contribution in [1.82, 2.24) is 4.98 Å². The predicted octanol–water partition coefficient (Wildman–Crippen LogP) is 2.22. The first kappa shape index (κ1) is 12.2. The minimum Gasteiger partial charge on any atom is -0.383 e. The number of hydrogen-bond donors (Lipinski definition) is 0. The monoisotopic (exact) mass is 251 g/mol. The van der Waals surface area contributed by atoms with E-state index in [1.165, 1.54) is 12.8 Å². The van der Waals surface area contributed by atoms with Crippen molar-refractivity contribution >= 4 is 17.4 Å². The van der Waals surface area contributed by atoms with E-state index in [1.807, 2.05) is 0 Å². The molecule has 0 aromatic carbocycles. The fourth-order valence-electron chi connectivity index (χ4n) is 1.75. The van der Waals surface area contributed by atoms with Gasteiger partial charge in [-0.3, -0.25) is 0 Å². The highest BCUT2D eigenvalue weighted by molar-refractivity contribution is 6.29. The van der Waals surface area contributed by atoms with Crippen molar-refractivity contribution in [3.05, 3.63) is 22.8 Å². The zero-order chi connectivity index (χ0) is 12.3. The number of halogens is 1. The summed E-state index contributed by atoms with van der Waals surface area (Å²) in [5, 5.41) is 9.28. The van der Waals surface area contributed by atoms with Crippen LogP contribution in [0.3, 0.4) is 0 Å². The Kier molecular flexibility index (Phi) is 3.82. The van der Waals surface area contributed by atoms with Crippen LogP contribution in [0, 0.1) is 11.3 Å². The molecule has 1 fully saturated rings. The van der Waals surface area contributed by atoms with Crippen LogP contribution in [-0.2, 0) is 4.74 Å². The Balaban J connectivity index is 2.22. The van der Waals surface area contributed by atoms with Gasteiger partial charge >= 0.3 is 0 Å². The van der Waals surface area contributed by atoms with Crippen molar-refractivity contribution in [1.29, 1.82) is 5.26 Å². The lowest BCUT2D eigenvalue weighted by molar-refractivity contribution is 0.204. The number of nitrogens with zero attached hydrogens (tertiary/aromatic N) is 3. The average molecular weight is 252 g/mol. The fourth-order valence-corrected chi connectivity index (χ4v) is 1.96. The van der Waals surface area contributed by atoms with Crippen LogP contribution in [0.5, 0.6) is 0 Å². The van der Waals surface area contributed by atoms with Gasteiger partial charge in [0.1, 0.15) is 11.0 Å². The van der Waals surface area contributed by atoms with Gasteiger partial charge in [0.05, 0.1) is 18.2 Å². The number of methoxy groups -OCH3 is 1. The molecule has 1 heterocycles. The molecule has 0 bridgehead atoms. The summed E-state index contributed by atoms with van der Waals surface area (Å²) in [4.78, 5) is 6.44. The molecule has 0 spiro atoms. The summed E-state index contributed by atoms with van der Waals surface area (Å²) in [5.74, 6) is 0.772. The van der Waals surface area contributed by atoms with Crippen LogP contribution in [-0.4, -0.2) is 31.3 Å². The van der Waals surface area contributed by atoms with Gasteiger partial charge in [0.25, 0.3) is 0 Å². The molecule has 1 aliphatic carbocycles.